The van der Waals surface area contributed by atoms with Gasteiger partial charge < -0.3 is 4.98 Å². The second-order valence-corrected chi connectivity index (χ2v) is 9.94. The minimum absolute atomic E-state index is 0.140. The van der Waals surface area contributed by atoms with E-state index < -0.39 is 0 Å². The average molecular weight is 489 g/mol. The molecule has 0 aliphatic rings. The predicted molar refractivity (Wildman–Crippen MR) is 142 cm³/mol. The largest absolute Gasteiger partial charge is 0.348 e. The molecule has 0 aliphatic carbocycles. The first-order valence-electron chi connectivity index (χ1n) is 11.0. The van der Waals surface area contributed by atoms with Crippen molar-refractivity contribution in [3.05, 3.63) is 88.2 Å². The minimum atomic E-state index is -0.140. The van der Waals surface area contributed by atoms with Crippen LogP contribution in [0.15, 0.2) is 70.7 Å². The first-order valence-corrected chi connectivity index (χ1v) is 12.9. The Kier molecular flexibility index (Phi) is 6.46. The molecule has 0 atom stereocenters. The molecule has 172 valence electrons. The average Bonchev–Trinajstić information content (AvgIpc) is 3.55. The number of aliphatic imine (C=N–C) groups is 1. The smallest absolute Gasteiger partial charge is 0.283 e. The highest BCUT2D eigenvalue weighted by Gasteiger charge is 2.20. The van der Waals surface area contributed by atoms with Crippen molar-refractivity contribution in [3.8, 4) is 16.4 Å². The van der Waals surface area contributed by atoms with Crippen molar-refractivity contribution in [1.82, 2.24) is 24.7 Å². The van der Waals surface area contributed by atoms with Crippen LogP contribution in [0, 0.1) is 6.92 Å². The lowest BCUT2D eigenvalue weighted by molar-refractivity contribution is 0.845. The molecule has 0 radical (unpaired) electrons. The minimum Gasteiger partial charge on any atom is -0.348 e. The van der Waals surface area contributed by atoms with E-state index >= 15 is 0 Å². The fourth-order valence-corrected chi connectivity index (χ4v) is 5.51. The lowest BCUT2D eigenvalue weighted by Crippen LogP contribution is -2.19. The van der Waals surface area contributed by atoms with E-state index in [1.807, 2.05) is 68.4 Å². The first-order chi connectivity index (χ1) is 16.6. The maximum atomic E-state index is 13.6. The Morgan fingerprint density at radius 1 is 1.15 bits per heavy atom. The van der Waals surface area contributed by atoms with E-state index in [1.165, 1.54) is 16.0 Å². The molecular formula is C25H24N6OS2. The van der Waals surface area contributed by atoms with Gasteiger partial charge in [0, 0.05) is 35.0 Å². The molecule has 0 saturated heterocycles. The maximum absolute atomic E-state index is 13.6. The monoisotopic (exact) mass is 488 g/mol. The number of benzene rings is 2. The Labute approximate surface area is 205 Å². The van der Waals surface area contributed by atoms with E-state index in [2.05, 4.69) is 20.1 Å². The van der Waals surface area contributed by atoms with Gasteiger partial charge in [-0.25, -0.2) is 9.97 Å². The molecule has 0 saturated carbocycles. The van der Waals surface area contributed by atoms with Crippen LogP contribution in [-0.2, 0) is 5.75 Å². The van der Waals surface area contributed by atoms with Gasteiger partial charge in [0.15, 0.2) is 0 Å². The van der Waals surface area contributed by atoms with Crippen LogP contribution in [0.3, 0.4) is 0 Å². The molecule has 0 spiro atoms. The van der Waals surface area contributed by atoms with Gasteiger partial charge in [-0.3, -0.25) is 14.9 Å². The molecule has 0 bridgehead atoms. The molecule has 3 heterocycles. The van der Waals surface area contributed by atoms with Gasteiger partial charge in [-0.2, -0.15) is 16.4 Å². The van der Waals surface area contributed by atoms with Gasteiger partial charge in [0.2, 0.25) is 5.13 Å². The Balaban J connectivity index is 1.44. The summed E-state index contributed by atoms with van der Waals surface area (Å²) in [5, 5.41) is 3.92. The van der Waals surface area contributed by atoms with Gasteiger partial charge in [-0.15, -0.1) is 0 Å². The van der Waals surface area contributed by atoms with E-state index in [1.54, 1.807) is 18.1 Å². The van der Waals surface area contributed by atoms with Gasteiger partial charge in [-0.1, -0.05) is 53.8 Å². The van der Waals surface area contributed by atoms with E-state index in [9.17, 15) is 4.79 Å². The zero-order chi connectivity index (χ0) is 23.5. The number of H-pyrrole nitrogens is 2. The number of aromatic nitrogens is 5. The predicted octanol–water partition coefficient (Wildman–Crippen LogP) is 5.22. The van der Waals surface area contributed by atoms with Crippen molar-refractivity contribution >= 4 is 39.0 Å². The normalized spacial score (nSPS) is 12.0. The fourth-order valence-electron chi connectivity index (χ4n) is 3.74. The molecule has 3 aromatic heterocycles. The Bertz CT molecular complexity index is 1480. The third-order valence-corrected chi connectivity index (χ3v) is 7.52. The van der Waals surface area contributed by atoms with Crippen LogP contribution in [0.2, 0.25) is 0 Å². The van der Waals surface area contributed by atoms with Crippen molar-refractivity contribution in [3.63, 3.8) is 0 Å². The van der Waals surface area contributed by atoms with Crippen molar-refractivity contribution in [2.75, 3.05) is 12.3 Å². The molecular weight excluding hydrogens is 464 g/mol. The molecule has 2 N–H and O–H groups in total. The van der Waals surface area contributed by atoms with Crippen molar-refractivity contribution < 1.29 is 0 Å². The fraction of sp³-hybridized carbons (Fsp3) is 0.200. The summed E-state index contributed by atoms with van der Waals surface area (Å²) in [4.78, 5) is 30.4. The number of thioether (sulfide) groups is 1. The molecule has 0 fully saturated rings. The summed E-state index contributed by atoms with van der Waals surface area (Å²) in [7, 11) is 0. The lowest BCUT2D eigenvalue weighted by Gasteiger charge is -2.03. The van der Waals surface area contributed by atoms with Crippen LogP contribution in [0.5, 0.6) is 0 Å². The third-order valence-electron chi connectivity index (χ3n) is 5.55. The highest BCUT2D eigenvalue weighted by atomic mass is 32.2. The van der Waals surface area contributed by atoms with Crippen LogP contribution >= 0.6 is 23.1 Å². The zero-order valence-electron chi connectivity index (χ0n) is 18.9. The van der Waals surface area contributed by atoms with Crippen LogP contribution in [-0.4, -0.2) is 42.7 Å². The van der Waals surface area contributed by atoms with Gasteiger partial charge in [0.25, 0.3) is 5.56 Å². The Morgan fingerprint density at radius 3 is 2.71 bits per heavy atom. The third kappa shape index (κ3) is 4.49. The number of hydrogen-bond acceptors (Lipinski definition) is 6. The number of nitrogens with one attached hydrogen (secondary N) is 2. The number of imidazole rings is 1. The second kappa shape index (κ2) is 9.82. The summed E-state index contributed by atoms with van der Waals surface area (Å²) in [5.74, 6) is 1.69. The van der Waals surface area contributed by atoms with Gasteiger partial charge >= 0.3 is 0 Å². The summed E-state index contributed by atoms with van der Waals surface area (Å²) in [6.45, 7) is 4.56. The van der Waals surface area contributed by atoms with Crippen LogP contribution in [0.4, 0.5) is 0 Å². The van der Waals surface area contributed by atoms with Crippen LogP contribution < -0.4 is 5.56 Å². The number of nitrogens with zero attached hydrogens (tertiary/aromatic N) is 4. The van der Waals surface area contributed by atoms with E-state index in [0.29, 0.717) is 17.2 Å². The highest BCUT2D eigenvalue weighted by molar-refractivity contribution is 7.98. The van der Waals surface area contributed by atoms with Crippen molar-refractivity contribution in [2.24, 2.45) is 4.99 Å². The second-order valence-electron chi connectivity index (χ2n) is 7.83. The summed E-state index contributed by atoms with van der Waals surface area (Å²) in [6, 6.07) is 17.8. The Morgan fingerprint density at radius 2 is 1.94 bits per heavy atom. The van der Waals surface area contributed by atoms with Gasteiger partial charge in [0.05, 0.1) is 33.5 Å². The molecule has 7 nitrogen and oxygen atoms in total. The standard InChI is InChI=1S/C25H24N6OS2/c1-16-20(28-15-27-16)14-33-13-12-26-17(2)22-23(18-8-4-3-5-9-18)30-31(24(22)32)25-29-19-10-6-7-11-21(19)34-25/h3-11,15,30H,12-14H2,1-2H3,(H,27,28). The SMILES string of the molecule is CC(=NCCSCc1nc[nH]c1C)c1c(-c2ccccc2)[nH]n(-c2nc3ccccc3s2)c1=O. The number of rotatable bonds is 8. The molecule has 9 heteroatoms. The van der Waals surface area contributed by atoms with Crippen molar-refractivity contribution in [2.45, 2.75) is 19.6 Å². The molecule has 2 aromatic carbocycles. The molecule has 5 aromatic rings. The van der Waals surface area contributed by atoms with Crippen LogP contribution in [0.1, 0.15) is 23.9 Å². The number of thiazole rings is 1. The zero-order valence-corrected chi connectivity index (χ0v) is 20.5. The molecule has 5 rings (SSSR count). The Hall–Kier alpha value is -3.43. The van der Waals surface area contributed by atoms with Crippen LogP contribution in [0.25, 0.3) is 26.6 Å². The maximum Gasteiger partial charge on any atom is 0.283 e. The summed E-state index contributed by atoms with van der Waals surface area (Å²) < 4.78 is 2.58. The number of hydrogen-bond donors (Lipinski definition) is 2. The van der Waals surface area contributed by atoms with Gasteiger partial charge in [0.1, 0.15) is 0 Å². The summed E-state index contributed by atoms with van der Waals surface area (Å²) in [5.41, 5.74) is 5.90. The highest BCUT2D eigenvalue weighted by Crippen LogP contribution is 2.26. The topological polar surface area (TPSA) is 91.7 Å². The summed E-state index contributed by atoms with van der Waals surface area (Å²) in [6.07, 6.45) is 1.72. The first kappa shape index (κ1) is 22.4. The molecule has 0 unspecified atom stereocenters. The van der Waals surface area contributed by atoms with E-state index in [4.69, 9.17) is 4.99 Å². The number of aryl methyl sites for hydroxylation is 1. The number of fused-ring (bicyclic) bond motifs is 1. The quantitative estimate of drug-likeness (QED) is 0.231. The van der Waals surface area contributed by atoms with E-state index in [-0.39, 0.29) is 5.56 Å². The molecule has 0 aliphatic heterocycles. The van der Waals surface area contributed by atoms with Crippen molar-refractivity contribution in [1.29, 1.82) is 0 Å². The van der Waals surface area contributed by atoms with E-state index in [0.717, 1.165) is 50.1 Å². The number of para-hydroxylation sites is 1. The molecule has 0 amide bonds. The lowest BCUT2D eigenvalue weighted by atomic mass is 10.1. The summed E-state index contributed by atoms with van der Waals surface area (Å²) >= 11 is 3.27. The molecule has 34 heavy (non-hydrogen) atoms. The van der Waals surface area contributed by atoms with Gasteiger partial charge in [-0.05, 0) is 26.0 Å². The number of aromatic amines is 2.